The van der Waals surface area contributed by atoms with Crippen LogP contribution in [0.1, 0.15) is 111 Å². The number of carbonyl (C=O) groups is 1. The minimum absolute atomic E-state index is 0.112. The lowest BCUT2D eigenvalue weighted by Gasteiger charge is -2.32. The molecule has 4 aromatic carbocycles. The molecule has 0 atom stereocenters. The summed E-state index contributed by atoms with van der Waals surface area (Å²) in [5.74, 6) is 3.22. The zero-order valence-corrected chi connectivity index (χ0v) is 30.4. The molecule has 0 amide bonds. The summed E-state index contributed by atoms with van der Waals surface area (Å²) < 4.78 is 0. The van der Waals surface area contributed by atoms with E-state index in [1.807, 2.05) is 6.07 Å². The minimum atomic E-state index is -0.347. The standard InChI is InChI=1S/C45H50O2/c1-14-27-15-16-28-21-32-22-30(18-17-29(32)20-31(28)19-27)39(33-23-35(42(2,3)4)40(46)36(24-33)43(5,6)7)34-25-37(44(8,9)10)41(47)38(26-34)45(11,12)13/h1,15-26,46H,2-13H3. The molecule has 4 aromatic rings. The van der Waals surface area contributed by atoms with Crippen LogP contribution in [0.15, 0.2) is 89.5 Å². The maximum Gasteiger partial charge on any atom is 0.186 e. The van der Waals surface area contributed by atoms with E-state index in [-0.39, 0.29) is 27.4 Å². The molecule has 0 fully saturated rings. The van der Waals surface area contributed by atoms with Gasteiger partial charge in [0.1, 0.15) is 5.75 Å². The number of fused-ring (bicyclic) bond motifs is 2. The monoisotopic (exact) mass is 622 g/mol. The Morgan fingerprint density at radius 2 is 1.04 bits per heavy atom. The Labute approximate surface area is 282 Å². The minimum Gasteiger partial charge on any atom is -0.507 e. The number of phenols is 1. The van der Waals surface area contributed by atoms with E-state index < -0.39 is 0 Å². The van der Waals surface area contributed by atoms with Crippen LogP contribution in [-0.4, -0.2) is 10.9 Å². The van der Waals surface area contributed by atoms with E-state index in [0.29, 0.717) is 5.75 Å². The topological polar surface area (TPSA) is 37.3 Å². The Hall–Kier alpha value is -4.35. The molecule has 1 aliphatic rings. The van der Waals surface area contributed by atoms with E-state index in [1.54, 1.807) is 0 Å². The zero-order valence-electron chi connectivity index (χ0n) is 30.4. The molecule has 0 radical (unpaired) electrons. The van der Waals surface area contributed by atoms with E-state index in [0.717, 1.165) is 71.7 Å². The number of carbonyl (C=O) groups excluding carboxylic acids is 1. The van der Waals surface area contributed by atoms with Gasteiger partial charge in [-0.15, -0.1) is 6.42 Å². The third-order valence-electron chi connectivity index (χ3n) is 9.26. The lowest BCUT2D eigenvalue weighted by atomic mass is 9.70. The molecular weight excluding hydrogens is 572 g/mol. The molecule has 5 rings (SSSR count). The van der Waals surface area contributed by atoms with Crippen LogP contribution in [0.4, 0.5) is 0 Å². The van der Waals surface area contributed by atoms with Crippen molar-refractivity contribution in [3.8, 4) is 18.1 Å². The summed E-state index contributed by atoms with van der Waals surface area (Å²) in [4.78, 5) is 14.0. The number of aromatic hydroxyl groups is 1. The molecule has 1 N–H and O–H groups in total. The molecule has 1 aliphatic carbocycles. The predicted molar refractivity (Wildman–Crippen MR) is 201 cm³/mol. The van der Waals surface area contributed by atoms with Crippen molar-refractivity contribution in [2.24, 2.45) is 10.8 Å². The first kappa shape index (κ1) is 34.0. The highest BCUT2D eigenvalue weighted by Crippen LogP contribution is 2.46. The summed E-state index contributed by atoms with van der Waals surface area (Å²) in [5.41, 5.74) is 7.13. The average molecular weight is 623 g/mol. The molecule has 0 heterocycles. The van der Waals surface area contributed by atoms with E-state index >= 15 is 0 Å². The van der Waals surface area contributed by atoms with Gasteiger partial charge >= 0.3 is 0 Å². The fraction of sp³-hybridized carbons (Fsp3) is 0.356. The second-order valence-electron chi connectivity index (χ2n) is 17.3. The van der Waals surface area contributed by atoms with Crippen LogP contribution in [-0.2, 0) is 15.6 Å². The number of Topliss-reactive ketones (excluding diaryl/α,β-unsaturated/α-hetero) is 1. The zero-order chi connectivity index (χ0) is 34.9. The molecule has 0 spiro atoms. The molecule has 0 unspecified atom stereocenters. The Kier molecular flexibility index (Phi) is 8.26. The van der Waals surface area contributed by atoms with Crippen LogP contribution in [0.5, 0.6) is 5.75 Å². The third kappa shape index (κ3) is 6.59. The number of ketones is 1. The van der Waals surface area contributed by atoms with Crippen molar-refractivity contribution in [1.29, 1.82) is 0 Å². The molecule has 2 heteroatoms. The highest BCUT2D eigenvalue weighted by molar-refractivity contribution is 6.13. The molecule has 0 saturated heterocycles. The van der Waals surface area contributed by atoms with Gasteiger partial charge in [-0.1, -0.05) is 107 Å². The van der Waals surface area contributed by atoms with Crippen molar-refractivity contribution in [2.45, 2.75) is 93.9 Å². The van der Waals surface area contributed by atoms with Gasteiger partial charge in [-0.2, -0.15) is 0 Å². The van der Waals surface area contributed by atoms with Crippen molar-refractivity contribution < 1.29 is 9.90 Å². The van der Waals surface area contributed by atoms with Gasteiger partial charge < -0.3 is 5.11 Å². The summed E-state index contributed by atoms with van der Waals surface area (Å²) in [7, 11) is 0. The number of allylic oxidation sites excluding steroid dienone is 5. The Balaban J connectivity index is 1.94. The molecule has 0 saturated carbocycles. The molecule has 2 nitrogen and oxygen atoms in total. The lowest BCUT2D eigenvalue weighted by Crippen LogP contribution is -2.28. The fourth-order valence-electron chi connectivity index (χ4n) is 6.55. The summed E-state index contributed by atoms with van der Waals surface area (Å²) in [6.07, 6.45) is 9.92. The van der Waals surface area contributed by atoms with Crippen molar-refractivity contribution in [3.05, 3.63) is 117 Å². The Morgan fingerprint density at radius 1 is 0.574 bits per heavy atom. The highest BCUT2D eigenvalue weighted by Gasteiger charge is 2.35. The van der Waals surface area contributed by atoms with Crippen LogP contribution >= 0.6 is 0 Å². The Morgan fingerprint density at radius 3 is 1.49 bits per heavy atom. The van der Waals surface area contributed by atoms with Gasteiger partial charge in [0.25, 0.3) is 0 Å². The first-order valence-corrected chi connectivity index (χ1v) is 16.7. The molecule has 0 aromatic heterocycles. The first-order valence-electron chi connectivity index (χ1n) is 16.7. The number of terminal acetylenes is 1. The summed E-state index contributed by atoms with van der Waals surface area (Å²) >= 11 is 0. The van der Waals surface area contributed by atoms with E-state index in [9.17, 15) is 9.90 Å². The summed E-state index contributed by atoms with van der Waals surface area (Å²) in [5, 5.41) is 16.2. The molecular formula is C45H50O2. The Bertz CT molecular complexity index is 2000. The van der Waals surface area contributed by atoms with Crippen molar-refractivity contribution in [1.82, 2.24) is 0 Å². The average Bonchev–Trinajstić information content (AvgIpc) is 2.94. The number of hydrogen-bond acceptors (Lipinski definition) is 2. The quantitative estimate of drug-likeness (QED) is 0.178. The molecule has 0 aliphatic heterocycles. The maximum atomic E-state index is 14.0. The largest absolute Gasteiger partial charge is 0.507 e. The SMILES string of the molecule is C#Cc1ccc2cc3cc(C(=C4C=C(C(C)(C)C)C(=O)C(C(C)(C)C)=C4)c4cc(C(C)(C)C)c(O)c(C(C)(C)C)c4)ccc3cc2c1. The van der Waals surface area contributed by atoms with Gasteiger partial charge in [0.05, 0.1) is 0 Å². The molecule has 242 valence electrons. The second kappa shape index (κ2) is 11.4. The van der Waals surface area contributed by atoms with Crippen LogP contribution in [0.25, 0.3) is 27.1 Å². The smallest absolute Gasteiger partial charge is 0.186 e. The molecule has 0 bridgehead atoms. The summed E-state index contributed by atoms with van der Waals surface area (Å²) in [6, 6.07) is 21.5. The van der Waals surface area contributed by atoms with Gasteiger partial charge in [-0.05, 0) is 120 Å². The van der Waals surface area contributed by atoms with Crippen LogP contribution < -0.4 is 0 Å². The van der Waals surface area contributed by atoms with E-state index in [4.69, 9.17) is 6.42 Å². The number of hydrogen-bond donors (Lipinski definition) is 1. The van der Waals surface area contributed by atoms with Gasteiger partial charge in [-0.25, -0.2) is 0 Å². The maximum absolute atomic E-state index is 14.0. The fourth-order valence-corrected chi connectivity index (χ4v) is 6.55. The van der Waals surface area contributed by atoms with Gasteiger partial charge in [0, 0.05) is 27.8 Å². The number of benzene rings is 4. The normalized spacial score (nSPS) is 14.7. The van der Waals surface area contributed by atoms with E-state index in [1.165, 1.54) is 0 Å². The summed E-state index contributed by atoms with van der Waals surface area (Å²) in [6.45, 7) is 25.6. The highest BCUT2D eigenvalue weighted by atomic mass is 16.3. The van der Waals surface area contributed by atoms with Gasteiger partial charge in [0.2, 0.25) is 0 Å². The number of phenolic OH excluding ortho intramolecular Hbond substituents is 1. The predicted octanol–water partition coefficient (Wildman–Crippen LogP) is 11.6. The second-order valence-corrected chi connectivity index (χ2v) is 17.3. The van der Waals surface area contributed by atoms with Crippen molar-refractivity contribution in [3.63, 3.8) is 0 Å². The van der Waals surface area contributed by atoms with Gasteiger partial charge in [-0.3, -0.25) is 4.79 Å². The van der Waals surface area contributed by atoms with Gasteiger partial charge in [0.15, 0.2) is 5.78 Å². The number of rotatable bonds is 2. The third-order valence-corrected chi connectivity index (χ3v) is 9.26. The first-order chi connectivity index (χ1) is 21.6. The lowest BCUT2D eigenvalue weighted by molar-refractivity contribution is -0.114. The van der Waals surface area contributed by atoms with E-state index in [2.05, 4.69) is 156 Å². The molecule has 47 heavy (non-hydrogen) atoms. The van der Waals surface area contributed by atoms with Crippen LogP contribution in [0, 0.1) is 23.2 Å². The van der Waals surface area contributed by atoms with Crippen LogP contribution in [0.3, 0.4) is 0 Å². The van der Waals surface area contributed by atoms with Crippen LogP contribution in [0.2, 0.25) is 0 Å². The van der Waals surface area contributed by atoms with Crippen molar-refractivity contribution in [2.75, 3.05) is 0 Å². The van der Waals surface area contributed by atoms with Crippen molar-refractivity contribution >= 4 is 32.9 Å².